The van der Waals surface area contributed by atoms with Crippen LogP contribution in [0.1, 0.15) is 5.56 Å². The number of nitrogens with one attached hydrogen (secondary N) is 1. The van der Waals surface area contributed by atoms with Crippen molar-refractivity contribution in [2.45, 2.75) is 0 Å². The Balaban J connectivity index is 2.87. The Kier molecular flexibility index (Phi) is 2.71. The lowest BCUT2D eigenvalue weighted by Crippen LogP contribution is -2.10. The summed E-state index contributed by atoms with van der Waals surface area (Å²) in [6.07, 6.45) is 0. The van der Waals surface area contributed by atoms with Gasteiger partial charge in [0.1, 0.15) is 11.6 Å². The Bertz CT molecular complexity index is 668. The molecular weight excluding hydrogens is 220 g/mol. The molecule has 0 atom stereocenters. The molecule has 1 N–H and O–H groups in total. The lowest BCUT2D eigenvalue weighted by atomic mass is 10.1. The number of nitrogens with zero attached hydrogens (tertiary/aromatic N) is 1. The van der Waals surface area contributed by atoms with Crippen LogP contribution < -0.4 is 15.0 Å². The van der Waals surface area contributed by atoms with Crippen molar-refractivity contribution in [3.63, 3.8) is 0 Å². The molecule has 0 fully saturated rings. The van der Waals surface area contributed by atoms with Crippen molar-refractivity contribution in [3.05, 3.63) is 34.1 Å². The Morgan fingerprint density at radius 3 is 2.65 bits per heavy atom. The van der Waals surface area contributed by atoms with Gasteiger partial charge in [-0.05, 0) is 18.2 Å². The van der Waals surface area contributed by atoms with Gasteiger partial charge in [-0.25, -0.2) is 0 Å². The van der Waals surface area contributed by atoms with Gasteiger partial charge >= 0.3 is 0 Å². The van der Waals surface area contributed by atoms with Gasteiger partial charge in [0, 0.05) is 5.39 Å². The highest BCUT2D eigenvalue weighted by molar-refractivity contribution is 5.87. The molecule has 0 spiro atoms. The van der Waals surface area contributed by atoms with Crippen LogP contribution in [0.4, 0.5) is 0 Å². The van der Waals surface area contributed by atoms with Gasteiger partial charge in [0.25, 0.3) is 5.56 Å². The molecule has 0 aliphatic carbocycles. The molecule has 0 bridgehead atoms. The van der Waals surface area contributed by atoms with E-state index >= 15 is 0 Å². The number of nitriles is 1. The number of aromatic amines is 1. The molecular formula is C12H10N2O3. The quantitative estimate of drug-likeness (QED) is 0.846. The number of fused-ring (bicyclic) bond motifs is 1. The molecule has 2 aromatic rings. The highest BCUT2D eigenvalue weighted by atomic mass is 16.5. The van der Waals surface area contributed by atoms with Crippen LogP contribution in [0, 0.1) is 11.3 Å². The monoisotopic (exact) mass is 230 g/mol. The Morgan fingerprint density at radius 1 is 1.29 bits per heavy atom. The zero-order valence-electron chi connectivity index (χ0n) is 9.40. The number of methoxy groups -OCH3 is 2. The normalized spacial score (nSPS) is 9.94. The van der Waals surface area contributed by atoms with Crippen molar-refractivity contribution in [1.82, 2.24) is 4.98 Å². The predicted octanol–water partition coefficient (Wildman–Crippen LogP) is 1.42. The first-order chi connectivity index (χ1) is 8.21. The summed E-state index contributed by atoms with van der Waals surface area (Å²) >= 11 is 0. The van der Waals surface area contributed by atoms with E-state index < -0.39 is 5.56 Å². The van der Waals surface area contributed by atoms with Crippen molar-refractivity contribution in [3.8, 4) is 17.6 Å². The molecule has 0 saturated heterocycles. The first-order valence-electron chi connectivity index (χ1n) is 4.89. The van der Waals surface area contributed by atoms with Gasteiger partial charge in [-0.3, -0.25) is 4.79 Å². The second-order valence-electron chi connectivity index (χ2n) is 3.39. The molecule has 1 aromatic heterocycles. The SMILES string of the molecule is COc1ccc2cc(C#N)c(=O)[nH]c2c1OC. The minimum Gasteiger partial charge on any atom is -0.493 e. The van der Waals surface area contributed by atoms with E-state index in [-0.39, 0.29) is 5.56 Å². The lowest BCUT2D eigenvalue weighted by Gasteiger charge is -2.10. The fourth-order valence-electron chi connectivity index (χ4n) is 1.68. The van der Waals surface area contributed by atoms with Crippen LogP contribution in [0.2, 0.25) is 0 Å². The molecule has 2 rings (SSSR count). The first-order valence-corrected chi connectivity index (χ1v) is 4.89. The minimum atomic E-state index is -0.438. The standard InChI is InChI=1S/C12H10N2O3/c1-16-9-4-3-7-5-8(6-13)12(15)14-10(7)11(9)17-2/h3-5H,1-2H3,(H,14,15). The van der Waals surface area contributed by atoms with Crippen LogP contribution in [0.25, 0.3) is 10.9 Å². The van der Waals surface area contributed by atoms with E-state index in [9.17, 15) is 4.79 Å². The number of hydrogen-bond acceptors (Lipinski definition) is 4. The molecule has 86 valence electrons. The van der Waals surface area contributed by atoms with Crippen LogP contribution in [0.15, 0.2) is 23.0 Å². The summed E-state index contributed by atoms with van der Waals surface area (Å²) in [5.74, 6) is 0.979. The van der Waals surface area contributed by atoms with Gasteiger partial charge in [0.15, 0.2) is 11.5 Å². The first kappa shape index (κ1) is 11.0. The van der Waals surface area contributed by atoms with E-state index in [1.807, 2.05) is 6.07 Å². The Morgan fingerprint density at radius 2 is 2.06 bits per heavy atom. The van der Waals surface area contributed by atoms with Gasteiger partial charge in [0.05, 0.1) is 19.7 Å². The van der Waals surface area contributed by atoms with Gasteiger partial charge < -0.3 is 14.5 Å². The molecule has 0 unspecified atom stereocenters. The highest BCUT2D eigenvalue weighted by Gasteiger charge is 2.11. The van der Waals surface area contributed by atoms with Gasteiger partial charge in [-0.1, -0.05) is 0 Å². The number of rotatable bonds is 2. The Hall–Kier alpha value is -2.48. The second kappa shape index (κ2) is 4.18. The topological polar surface area (TPSA) is 75.1 Å². The molecule has 5 heteroatoms. The minimum absolute atomic E-state index is 0.0738. The van der Waals surface area contributed by atoms with Crippen molar-refractivity contribution in [2.75, 3.05) is 14.2 Å². The van der Waals surface area contributed by atoms with E-state index in [4.69, 9.17) is 14.7 Å². The molecule has 1 heterocycles. The van der Waals surface area contributed by atoms with E-state index in [1.165, 1.54) is 20.3 Å². The van der Waals surface area contributed by atoms with Crippen molar-refractivity contribution >= 4 is 10.9 Å². The maximum Gasteiger partial charge on any atom is 0.266 e. The van der Waals surface area contributed by atoms with Crippen molar-refractivity contribution in [1.29, 1.82) is 5.26 Å². The van der Waals surface area contributed by atoms with Crippen LogP contribution in [0.3, 0.4) is 0 Å². The van der Waals surface area contributed by atoms with Crippen LogP contribution in [-0.4, -0.2) is 19.2 Å². The summed E-state index contributed by atoms with van der Waals surface area (Å²) in [4.78, 5) is 14.2. The molecule has 5 nitrogen and oxygen atoms in total. The van der Waals surface area contributed by atoms with Gasteiger partial charge in [0.2, 0.25) is 0 Å². The average molecular weight is 230 g/mol. The number of H-pyrrole nitrogens is 1. The molecule has 0 aliphatic rings. The van der Waals surface area contributed by atoms with Crippen molar-refractivity contribution < 1.29 is 9.47 Å². The summed E-state index contributed by atoms with van der Waals surface area (Å²) < 4.78 is 10.3. The third-order valence-corrected chi connectivity index (χ3v) is 2.48. The molecule has 0 aliphatic heterocycles. The van der Waals surface area contributed by atoms with Crippen LogP contribution >= 0.6 is 0 Å². The molecule has 17 heavy (non-hydrogen) atoms. The number of aromatic nitrogens is 1. The zero-order chi connectivity index (χ0) is 12.4. The van der Waals surface area contributed by atoms with Crippen molar-refractivity contribution in [2.24, 2.45) is 0 Å². The highest BCUT2D eigenvalue weighted by Crippen LogP contribution is 2.33. The van der Waals surface area contributed by atoms with E-state index in [0.717, 1.165) is 5.39 Å². The molecule has 0 radical (unpaired) electrons. The summed E-state index contributed by atoms with van der Waals surface area (Å²) in [5, 5.41) is 9.50. The Labute approximate surface area is 97.2 Å². The lowest BCUT2D eigenvalue weighted by molar-refractivity contribution is 0.358. The summed E-state index contributed by atoms with van der Waals surface area (Å²) in [5.41, 5.74) is 0.159. The smallest absolute Gasteiger partial charge is 0.266 e. The average Bonchev–Trinajstić information content (AvgIpc) is 2.36. The number of pyridine rings is 1. The third-order valence-electron chi connectivity index (χ3n) is 2.48. The zero-order valence-corrected chi connectivity index (χ0v) is 9.40. The van der Waals surface area contributed by atoms with Gasteiger partial charge in [-0.2, -0.15) is 5.26 Å². The number of ether oxygens (including phenoxy) is 2. The second-order valence-corrected chi connectivity index (χ2v) is 3.39. The largest absolute Gasteiger partial charge is 0.493 e. The maximum absolute atomic E-state index is 11.6. The number of benzene rings is 1. The summed E-state index contributed by atoms with van der Waals surface area (Å²) in [6, 6.07) is 6.84. The predicted molar refractivity (Wildman–Crippen MR) is 62.4 cm³/mol. The van der Waals surface area contributed by atoms with Gasteiger partial charge in [-0.15, -0.1) is 0 Å². The fraction of sp³-hybridized carbons (Fsp3) is 0.167. The third kappa shape index (κ3) is 1.70. The number of hydrogen-bond donors (Lipinski definition) is 1. The summed E-state index contributed by atoms with van der Waals surface area (Å²) in [6.45, 7) is 0. The van der Waals surface area contributed by atoms with E-state index in [1.54, 1.807) is 12.1 Å². The van der Waals surface area contributed by atoms with E-state index in [0.29, 0.717) is 17.0 Å². The fourth-order valence-corrected chi connectivity index (χ4v) is 1.68. The van der Waals surface area contributed by atoms with Crippen LogP contribution in [0.5, 0.6) is 11.5 Å². The van der Waals surface area contributed by atoms with E-state index in [2.05, 4.69) is 4.98 Å². The molecule has 0 saturated carbocycles. The summed E-state index contributed by atoms with van der Waals surface area (Å²) in [7, 11) is 3.01. The molecule has 1 aromatic carbocycles. The maximum atomic E-state index is 11.6. The van der Waals surface area contributed by atoms with Crippen LogP contribution in [-0.2, 0) is 0 Å². The molecule has 0 amide bonds.